The lowest BCUT2D eigenvalue weighted by Gasteiger charge is -2.25. The van der Waals surface area contributed by atoms with Crippen molar-refractivity contribution in [2.45, 2.75) is 32.5 Å². The Morgan fingerprint density at radius 3 is 2.47 bits per heavy atom. The van der Waals surface area contributed by atoms with Crippen molar-refractivity contribution in [2.75, 3.05) is 6.54 Å². The van der Waals surface area contributed by atoms with Crippen LogP contribution in [0.25, 0.3) is 5.76 Å². The normalized spacial score (nSPS) is 16.7. The Hall–Kier alpha value is -4.72. The second kappa shape index (κ2) is 11.1. The van der Waals surface area contributed by atoms with Crippen molar-refractivity contribution < 1.29 is 19.4 Å². The molecule has 1 amide bonds. The van der Waals surface area contributed by atoms with Gasteiger partial charge in [-0.15, -0.1) is 0 Å². The van der Waals surface area contributed by atoms with E-state index in [2.05, 4.69) is 16.0 Å². The molecule has 2 aromatic carbocycles. The number of ether oxygens (including phenoxy) is 1. The molecular weight excluding hydrogens is 480 g/mol. The van der Waals surface area contributed by atoms with Crippen LogP contribution in [0.1, 0.15) is 34.7 Å². The summed E-state index contributed by atoms with van der Waals surface area (Å²) in [5.74, 6) is -0.912. The number of nitrogens with zero attached hydrogens (tertiary/aromatic N) is 4. The van der Waals surface area contributed by atoms with Gasteiger partial charge in [0.2, 0.25) is 0 Å². The number of aromatic nitrogens is 3. The predicted octanol–water partition coefficient (Wildman–Crippen LogP) is 4.68. The number of Topliss-reactive ketones (excluding diaryl/α,β-unsaturated/α-hetero) is 1. The number of carbonyl (C=O) groups is 2. The highest BCUT2D eigenvalue weighted by Crippen LogP contribution is 2.39. The van der Waals surface area contributed by atoms with E-state index in [-0.39, 0.29) is 11.3 Å². The van der Waals surface area contributed by atoms with Gasteiger partial charge in [-0.1, -0.05) is 29.8 Å². The Morgan fingerprint density at radius 2 is 1.76 bits per heavy atom. The number of ketones is 1. The molecule has 1 aliphatic rings. The Balaban J connectivity index is 1.39. The van der Waals surface area contributed by atoms with Crippen molar-refractivity contribution in [2.24, 2.45) is 0 Å². The van der Waals surface area contributed by atoms with Gasteiger partial charge in [-0.3, -0.25) is 14.6 Å². The van der Waals surface area contributed by atoms with E-state index in [4.69, 9.17) is 4.74 Å². The first kappa shape index (κ1) is 25.0. The van der Waals surface area contributed by atoms with Gasteiger partial charge in [-0.05, 0) is 60.9 Å². The summed E-state index contributed by atoms with van der Waals surface area (Å²) >= 11 is 0. The number of hydrogen-bond donors (Lipinski definition) is 1. The van der Waals surface area contributed by atoms with Gasteiger partial charge in [0.05, 0.1) is 17.9 Å². The molecule has 1 fully saturated rings. The number of pyridine rings is 1. The van der Waals surface area contributed by atoms with Gasteiger partial charge in [0, 0.05) is 43.4 Å². The fraction of sp³-hybridized carbons (Fsp3) is 0.200. The van der Waals surface area contributed by atoms with Gasteiger partial charge in [0.1, 0.15) is 18.1 Å². The molecule has 2 aromatic heterocycles. The topological polar surface area (TPSA) is 97.6 Å². The van der Waals surface area contributed by atoms with E-state index in [1.807, 2.05) is 35.9 Å². The monoisotopic (exact) mass is 508 g/mol. The SMILES string of the molecule is Cc1cccc(COc2ccc(C(O)=C3C(=O)C(=O)N(CCCn4ccnc4)[C@@H]3c3ccncc3)cc2)c1. The third-order valence-electron chi connectivity index (χ3n) is 6.55. The number of aliphatic hydroxyl groups excluding tert-OH is 1. The lowest BCUT2D eigenvalue weighted by Crippen LogP contribution is -2.31. The minimum Gasteiger partial charge on any atom is -0.507 e. The molecule has 0 unspecified atom stereocenters. The fourth-order valence-corrected chi connectivity index (χ4v) is 4.68. The molecule has 0 saturated carbocycles. The third-order valence-corrected chi connectivity index (χ3v) is 6.55. The average Bonchev–Trinajstić information content (AvgIpc) is 3.55. The molecule has 1 aliphatic heterocycles. The molecule has 1 N–H and O–H groups in total. The lowest BCUT2D eigenvalue weighted by atomic mass is 9.96. The summed E-state index contributed by atoms with van der Waals surface area (Å²) in [5.41, 5.74) is 3.43. The maximum Gasteiger partial charge on any atom is 0.295 e. The molecule has 8 nitrogen and oxygen atoms in total. The van der Waals surface area contributed by atoms with Crippen LogP contribution in [0, 0.1) is 6.92 Å². The van der Waals surface area contributed by atoms with Crippen LogP contribution in [-0.4, -0.2) is 42.8 Å². The van der Waals surface area contributed by atoms with Crippen LogP contribution in [0.3, 0.4) is 0 Å². The van der Waals surface area contributed by atoms with Gasteiger partial charge in [-0.25, -0.2) is 4.98 Å². The third kappa shape index (κ3) is 5.34. The number of hydrogen-bond acceptors (Lipinski definition) is 6. The van der Waals surface area contributed by atoms with E-state index in [1.54, 1.807) is 61.3 Å². The second-order valence-corrected chi connectivity index (χ2v) is 9.23. The number of carbonyl (C=O) groups excluding carboxylic acids is 2. The number of amides is 1. The van der Waals surface area contributed by atoms with Crippen LogP contribution >= 0.6 is 0 Å². The molecule has 192 valence electrons. The molecule has 1 atom stereocenters. The summed E-state index contributed by atoms with van der Waals surface area (Å²) in [7, 11) is 0. The average molecular weight is 509 g/mol. The van der Waals surface area contributed by atoms with E-state index >= 15 is 0 Å². The molecule has 1 saturated heterocycles. The van der Waals surface area contributed by atoms with Crippen molar-refractivity contribution in [1.82, 2.24) is 19.4 Å². The van der Waals surface area contributed by atoms with E-state index < -0.39 is 17.7 Å². The highest BCUT2D eigenvalue weighted by molar-refractivity contribution is 6.46. The van der Waals surface area contributed by atoms with Gasteiger partial charge in [0.15, 0.2) is 0 Å². The first-order valence-corrected chi connectivity index (χ1v) is 12.4. The first-order valence-electron chi connectivity index (χ1n) is 12.4. The summed E-state index contributed by atoms with van der Waals surface area (Å²) in [6, 6.07) is 17.8. The molecule has 0 bridgehead atoms. The van der Waals surface area contributed by atoms with E-state index in [0.717, 1.165) is 11.1 Å². The van der Waals surface area contributed by atoms with Crippen LogP contribution in [-0.2, 0) is 22.7 Å². The maximum absolute atomic E-state index is 13.2. The highest BCUT2D eigenvalue weighted by atomic mass is 16.5. The number of aryl methyl sites for hydroxylation is 2. The number of rotatable bonds is 9. The molecule has 38 heavy (non-hydrogen) atoms. The smallest absolute Gasteiger partial charge is 0.295 e. The Labute approximate surface area is 220 Å². The van der Waals surface area contributed by atoms with Gasteiger partial charge >= 0.3 is 0 Å². The van der Waals surface area contributed by atoms with E-state index in [9.17, 15) is 14.7 Å². The van der Waals surface area contributed by atoms with Crippen LogP contribution in [0.5, 0.6) is 5.75 Å². The van der Waals surface area contributed by atoms with Crippen molar-refractivity contribution in [3.05, 3.63) is 120 Å². The quantitative estimate of drug-likeness (QED) is 0.200. The summed E-state index contributed by atoms with van der Waals surface area (Å²) < 4.78 is 7.80. The number of benzene rings is 2. The highest BCUT2D eigenvalue weighted by Gasteiger charge is 2.45. The standard InChI is InChI=1S/C30H28N4O4/c1-21-4-2-5-22(18-21)19-38-25-8-6-24(7-9-25)28(35)26-27(23-10-12-31-13-11-23)34(30(37)29(26)36)16-3-15-33-17-14-32-20-33/h2,4-14,17-18,20,27,35H,3,15-16,19H2,1H3/t27-/m1/s1. The van der Waals surface area contributed by atoms with Crippen molar-refractivity contribution in [1.29, 1.82) is 0 Å². The summed E-state index contributed by atoms with van der Waals surface area (Å²) in [4.78, 5) is 35.9. The minimum atomic E-state index is -0.710. The Kier molecular flexibility index (Phi) is 7.31. The number of likely N-dealkylation sites (tertiary alicyclic amines) is 1. The fourth-order valence-electron chi connectivity index (χ4n) is 4.68. The van der Waals surface area contributed by atoms with Crippen molar-refractivity contribution in [3.63, 3.8) is 0 Å². The van der Waals surface area contributed by atoms with Crippen molar-refractivity contribution >= 4 is 17.4 Å². The molecule has 0 spiro atoms. The number of aliphatic hydroxyl groups is 1. The molecule has 4 aromatic rings. The maximum atomic E-state index is 13.2. The zero-order valence-electron chi connectivity index (χ0n) is 21.0. The number of imidazole rings is 1. The largest absolute Gasteiger partial charge is 0.507 e. The van der Waals surface area contributed by atoms with Crippen LogP contribution in [0.15, 0.2) is 97.4 Å². The molecule has 3 heterocycles. The van der Waals surface area contributed by atoms with Gasteiger partial charge in [-0.2, -0.15) is 0 Å². The first-order chi connectivity index (χ1) is 18.5. The summed E-state index contributed by atoms with van der Waals surface area (Å²) in [6.45, 7) is 3.44. The molecular formula is C30H28N4O4. The zero-order chi connectivity index (χ0) is 26.5. The summed E-state index contributed by atoms with van der Waals surface area (Å²) in [6.07, 6.45) is 9.11. The van der Waals surface area contributed by atoms with E-state index in [0.29, 0.717) is 43.0 Å². The van der Waals surface area contributed by atoms with Gasteiger partial charge < -0.3 is 19.3 Å². The predicted molar refractivity (Wildman–Crippen MR) is 142 cm³/mol. The van der Waals surface area contributed by atoms with Crippen LogP contribution in [0.4, 0.5) is 0 Å². The van der Waals surface area contributed by atoms with Crippen LogP contribution < -0.4 is 4.74 Å². The Morgan fingerprint density at radius 1 is 0.974 bits per heavy atom. The molecule has 0 aliphatic carbocycles. The lowest BCUT2D eigenvalue weighted by molar-refractivity contribution is -0.139. The minimum absolute atomic E-state index is 0.0669. The van der Waals surface area contributed by atoms with Crippen molar-refractivity contribution in [3.8, 4) is 5.75 Å². The van der Waals surface area contributed by atoms with Crippen LogP contribution in [0.2, 0.25) is 0 Å². The molecule has 0 radical (unpaired) electrons. The van der Waals surface area contributed by atoms with Gasteiger partial charge in [0.25, 0.3) is 11.7 Å². The molecule has 5 rings (SSSR count). The van der Waals surface area contributed by atoms with E-state index in [1.165, 1.54) is 4.90 Å². The second-order valence-electron chi connectivity index (χ2n) is 9.23. The Bertz CT molecular complexity index is 1450. The summed E-state index contributed by atoms with van der Waals surface area (Å²) in [5, 5.41) is 11.3. The zero-order valence-corrected chi connectivity index (χ0v) is 21.0. The molecule has 8 heteroatoms.